The second-order valence-electron chi connectivity index (χ2n) is 6.15. The van der Waals surface area contributed by atoms with E-state index in [2.05, 4.69) is 17.8 Å². The number of hydrogen-bond acceptors (Lipinski definition) is 4. The molecule has 2 amide bonds. The van der Waals surface area contributed by atoms with Gasteiger partial charge in [0.05, 0.1) is 4.88 Å². The van der Waals surface area contributed by atoms with Crippen LogP contribution in [0.25, 0.3) is 6.08 Å². The Morgan fingerprint density at radius 3 is 2.92 bits per heavy atom. The normalized spacial score (nSPS) is 16.8. The zero-order chi connectivity index (χ0) is 17.1. The molecule has 0 radical (unpaired) electrons. The Labute approximate surface area is 149 Å². The summed E-state index contributed by atoms with van der Waals surface area (Å²) < 4.78 is 0. The molecule has 1 atom stereocenters. The van der Waals surface area contributed by atoms with E-state index in [1.807, 2.05) is 24.4 Å². The van der Waals surface area contributed by atoms with Gasteiger partial charge in [-0.05, 0) is 66.8 Å². The molecule has 0 saturated heterocycles. The van der Waals surface area contributed by atoms with Crippen LogP contribution in [0.2, 0.25) is 0 Å². The van der Waals surface area contributed by atoms with Gasteiger partial charge in [0.25, 0.3) is 11.8 Å². The fourth-order valence-electron chi connectivity index (χ4n) is 2.75. The first kappa shape index (κ1) is 16.9. The van der Waals surface area contributed by atoms with Crippen molar-refractivity contribution in [2.75, 3.05) is 0 Å². The lowest BCUT2D eigenvalue weighted by Crippen LogP contribution is -2.40. The standard InChI is InChI=1S/C18H20N2O2S2/c1-11-3-4-15-13(9-11)10-16(24-15)18(22)20-19-17(21)6-5-14-12(2)7-8-23-14/h5-8,10-11H,3-4,9H2,1-2H3,(H,19,21)(H,20,22)/b6-5+/t11-/m1/s1. The third-order valence-corrected chi connectivity index (χ3v) is 6.36. The minimum atomic E-state index is -0.342. The summed E-state index contributed by atoms with van der Waals surface area (Å²) >= 11 is 3.11. The van der Waals surface area contributed by atoms with E-state index in [0.29, 0.717) is 10.8 Å². The maximum atomic E-state index is 12.2. The summed E-state index contributed by atoms with van der Waals surface area (Å²) in [6.45, 7) is 4.23. The number of amides is 2. The zero-order valence-electron chi connectivity index (χ0n) is 13.7. The van der Waals surface area contributed by atoms with E-state index in [9.17, 15) is 9.59 Å². The Morgan fingerprint density at radius 2 is 2.17 bits per heavy atom. The average molecular weight is 361 g/mol. The van der Waals surface area contributed by atoms with E-state index >= 15 is 0 Å². The van der Waals surface area contributed by atoms with Gasteiger partial charge in [-0.25, -0.2) is 0 Å². The molecule has 0 aromatic carbocycles. The van der Waals surface area contributed by atoms with Crippen LogP contribution in [-0.4, -0.2) is 11.8 Å². The summed E-state index contributed by atoms with van der Waals surface area (Å²) in [6.07, 6.45) is 6.45. The SMILES string of the molecule is Cc1ccsc1/C=C/C(=O)NNC(=O)c1cc2c(s1)CC[C@@H](C)C2. The Balaban J connectivity index is 1.55. The Hall–Kier alpha value is -1.92. The van der Waals surface area contributed by atoms with Gasteiger partial charge in [-0.15, -0.1) is 22.7 Å². The topological polar surface area (TPSA) is 58.2 Å². The van der Waals surface area contributed by atoms with Gasteiger partial charge in [-0.2, -0.15) is 0 Å². The average Bonchev–Trinajstić information content (AvgIpc) is 3.16. The van der Waals surface area contributed by atoms with Crippen molar-refractivity contribution in [3.63, 3.8) is 0 Å². The van der Waals surface area contributed by atoms with E-state index in [1.54, 1.807) is 17.4 Å². The molecule has 0 aliphatic heterocycles. The molecule has 0 saturated carbocycles. The summed E-state index contributed by atoms with van der Waals surface area (Å²) in [7, 11) is 0. The lowest BCUT2D eigenvalue weighted by atomic mass is 9.90. The van der Waals surface area contributed by atoms with Crippen molar-refractivity contribution in [3.05, 3.63) is 49.3 Å². The number of rotatable bonds is 3. The summed E-state index contributed by atoms with van der Waals surface area (Å²) in [5, 5.41) is 1.98. The lowest BCUT2D eigenvalue weighted by molar-refractivity contribution is -0.117. The molecule has 0 unspecified atom stereocenters. The fourth-order valence-corrected chi connectivity index (χ4v) is 4.67. The maximum Gasteiger partial charge on any atom is 0.279 e. The Kier molecular flexibility index (Phi) is 5.16. The first-order valence-corrected chi connectivity index (χ1v) is 9.66. The van der Waals surface area contributed by atoms with Gasteiger partial charge in [-0.1, -0.05) is 6.92 Å². The largest absolute Gasteiger partial charge is 0.279 e. The van der Waals surface area contributed by atoms with Crippen LogP contribution in [0.15, 0.2) is 23.6 Å². The molecule has 1 aliphatic rings. The number of thiophene rings is 2. The van der Waals surface area contributed by atoms with Crippen molar-refractivity contribution < 1.29 is 9.59 Å². The number of fused-ring (bicyclic) bond motifs is 1. The highest BCUT2D eigenvalue weighted by atomic mass is 32.1. The highest BCUT2D eigenvalue weighted by molar-refractivity contribution is 7.14. The lowest BCUT2D eigenvalue weighted by Gasteiger charge is -2.16. The van der Waals surface area contributed by atoms with Gasteiger partial charge in [0, 0.05) is 15.8 Å². The Bertz CT molecular complexity index is 789. The molecule has 2 aromatic heterocycles. The smallest absolute Gasteiger partial charge is 0.268 e. The number of carbonyl (C=O) groups is 2. The second-order valence-corrected chi connectivity index (χ2v) is 8.24. The van der Waals surface area contributed by atoms with Crippen LogP contribution in [-0.2, 0) is 17.6 Å². The van der Waals surface area contributed by atoms with Crippen LogP contribution < -0.4 is 10.9 Å². The summed E-state index contributed by atoms with van der Waals surface area (Å²) in [6, 6.07) is 3.96. The van der Waals surface area contributed by atoms with Crippen molar-refractivity contribution in [3.8, 4) is 0 Å². The molecule has 1 aliphatic carbocycles. The van der Waals surface area contributed by atoms with Gasteiger partial charge < -0.3 is 0 Å². The van der Waals surface area contributed by atoms with Gasteiger partial charge in [0.15, 0.2) is 0 Å². The van der Waals surface area contributed by atoms with Gasteiger partial charge in [0.2, 0.25) is 0 Å². The first-order valence-electron chi connectivity index (χ1n) is 7.97. The van der Waals surface area contributed by atoms with E-state index in [4.69, 9.17) is 0 Å². The maximum absolute atomic E-state index is 12.2. The van der Waals surface area contributed by atoms with Gasteiger partial charge >= 0.3 is 0 Å². The van der Waals surface area contributed by atoms with Crippen molar-refractivity contribution in [1.29, 1.82) is 0 Å². The van der Waals surface area contributed by atoms with Crippen LogP contribution in [0.1, 0.15) is 43.9 Å². The molecule has 2 N–H and O–H groups in total. The first-order chi connectivity index (χ1) is 11.5. The summed E-state index contributed by atoms with van der Waals surface area (Å²) in [5.74, 6) is 0.0794. The van der Waals surface area contributed by atoms with Crippen LogP contribution in [0, 0.1) is 12.8 Å². The highest BCUT2D eigenvalue weighted by Crippen LogP contribution is 2.32. The van der Waals surface area contributed by atoms with Crippen LogP contribution in [0.5, 0.6) is 0 Å². The fraction of sp³-hybridized carbons (Fsp3) is 0.333. The molecule has 126 valence electrons. The number of carbonyl (C=O) groups excluding carboxylic acids is 2. The van der Waals surface area contributed by atoms with E-state index in [1.165, 1.54) is 34.3 Å². The molecule has 0 fully saturated rings. The molecule has 24 heavy (non-hydrogen) atoms. The van der Waals surface area contributed by atoms with Gasteiger partial charge in [0.1, 0.15) is 0 Å². The Morgan fingerprint density at radius 1 is 1.33 bits per heavy atom. The summed E-state index contributed by atoms with van der Waals surface area (Å²) in [5.41, 5.74) is 7.34. The molecular weight excluding hydrogens is 340 g/mol. The van der Waals surface area contributed by atoms with Crippen LogP contribution in [0.3, 0.4) is 0 Å². The third kappa shape index (κ3) is 3.94. The van der Waals surface area contributed by atoms with Gasteiger partial charge in [-0.3, -0.25) is 20.4 Å². The van der Waals surface area contributed by atoms with E-state index in [-0.39, 0.29) is 11.8 Å². The number of hydrogen-bond donors (Lipinski definition) is 2. The molecular formula is C18H20N2O2S2. The monoisotopic (exact) mass is 360 g/mol. The molecule has 0 spiro atoms. The molecule has 0 bridgehead atoms. The quantitative estimate of drug-likeness (QED) is 0.647. The predicted molar refractivity (Wildman–Crippen MR) is 99.2 cm³/mol. The molecule has 4 nitrogen and oxygen atoms in total. The van der Waals surface area contributed by atoms with Crippen molar-refractivity contribution in [1.82, 2.24) is 10.9 Å². The number of aryl methyl sites for hydroxylation is 2. The minimum absolute atomic E-state index is 0.254. The number of nitrogens with one attached hydrogen (secondary N) is 2. The van der Waals surface area contributed by atoms with E-state index < -0.39 is 0 Å². The van der Waals surface area contributed by atoms with Crippen molar-refractivity contribution in [2.24, 2.45) is 5.92 Å². The highest BCUT2D eigenvalue weighted by Gasteiger charge is 2.20. The van der Waals surface area contributed by atoms with Crippen LogP contribution in [0.4, 0.5) is 0 Å². The summed E-state index contributed by atoms with van der Waals surface area (Å²) in [4.78, 5) is 27.0. The van der Waals surface area contributed by atoms with Crippen molar-refractivity contribution in [2.45, 2.75) is 33.1 Å². The minimum Gasteiger partial charge on any atom is -0.268 e. The van der Waals surface area contributed by atoms with Crippen molar-refractivity contribution >= 4 is 40.6 Å². The number of hydrazine groups is 1. The second kappa shape index (κ2) is 7.32. The van der Waals surface area contributed by atoms with Crippen LogP contribution >= 0.6 is 22.7 Å². The molecule has 3 rings (SSSR count). The zero-order valence-corrected chi connectivity index (χ0v) is 15.4. The molecule has 2 aromatic rings. The third-order valence-electron chi connectivity index (χ3n) is 4.14. The van der Waals surface area contributed by atoms with E-state index in [0.717, 1.165) is 23.3 Å². The molecule has 6 heteroatoms. The predicted octanol–water partition coefficient (Wildman–Crippen LogP) is 3.72. The molecule has 2 heterocycles.